The van der Waals surface area contributed by atoms with Gasteiger partial charge in [-0.1, -0.05) is 12.1 Å². The van der Waals surface area contributed by atoms with Crippen LogP contribution in [-0.4, -0.2) is 15.1 Å². The SMILES string of the molecule is Cc1cncnc1-c1ccccc1O. The number of para-hydroxylation sites is 1. The molecule has 3 heteroatoms. The summed E-state index contributed by atoms with van der Waals surface area (Å²) in [6.07, 6.45) is 3.21. The van der Waals surface area contributed by atoms with Crippen LogP contribution in [0.4, 0.5) is 0 Å². The average Bonchev–Trinajstić information content (AvgIpc) is 2.20. The summed E-state index contributed by atoms with van der Waals surface area (Å²) in [6.45, 7) is 1.92. The fourth-order valence-electron chi connectivity index (χ4n) is 1.36. The van der Waals surface area contributed by atoms with Crippen molar-refractivity contribution in [1.82, 2.24) is 9.97 Å². The molecule has 0 aliphatic carbocycles. The van der Waals surface area contributed by atoms with Gasteiger partial charge >= 0.3 is 0 Å². The number of benzene rings is 1. The highest BCUT2D eigenvalue weighted by Gasteiger charge is 2.06. The molecule has 1 aromatic carbocycles. The van der Waals surface area contributed by atoms with Crippen molar-refractivity contribution < 1.29 is 5.11 Å². The third kappa shape index (κ3) is 1.44. The number of nitrogens with zero attached hydrogens (tertiary/aromatic N) is 2. The van der Waals surface area contributed by atoms with E-state index in [1.54, 1.807) is 18.3 Å². The van der Waals surface area contributed by atoms with Crippen LogP contribution in [0.3, 0.4) is 0 Å². The van der Waals surface area contributed by atoms with Gasteiger partial charge in [-0.25, -0.2) is 9.97 Å². The van der Waals surface area contributed by atoms with Crippen molar-refractivity contribution in [1.29, 1.82) is 0 Å². The number of aryl methyl sites for hydroxylation is 1. The Kier molecular flexibility index (Phi) is 2.14. The quantitative estimate of drug-likeness (QED) is 0.742. The maximum absolute atomic E-state index is 9.63. The molecule has 1 heterocycles. The third-order valence-electron chi connectivity index (χ3n) is 2.05. The zero-order chi connectivity index (χ0) is 9.97. The Balaban J connectivity index is 2.61. The van der Waals surface area contributed by atoms with E-state index in [0.29, 0.717) is 0 Å². The van der Waals surface area contributed by atoms with Crippen LogP contribution in [0, 0.1) is 6.92 Å². The molecule has 2 aromatic rings. The lowest BCUT2D eigenvalue weighted by molar-refractivity contribution is 0.477. The molecular formula is C11H10N2O. The van der Waals surface area contributed by atoms with E-state index in [1.807, 2.05) is 19.1 Å². The van der Waals surface area contributed by atoms with E-state index in [0.717, 1.165) is 16.8 Å². The lowest BCUT2D eigenvalue weighted by atomic mass is 10.1. The van der Waals surface area contributed by atoms with E-state index in [9.17, 15) is 5.11 Å². The standard InChI is InChI=1S/C11H10N2O/c1-8-6-12-7-13-11(8)9-4-2-3-5-10(9)14/h2-7,14H,1H3. The molecule has 0 aliphatic heterocycles. The first-order chi connectivity index (χ1) is 6.79. The molecule has 0 amide bonds. The molecule has 0 unspecified atom stereocenters. The third-order valence-corrected chi connectivity index (χ3v) is 2.05. The summed E-state index contributed by atoms with van der Waals surface area (Å²) >= 11 is 0. The fourth-order valence-corrected chi connectivity index (χ4v) is 1.36. The minimum absolute atomic E-state index is 0.245. The molecule has 0 bridgehead atoms. The second-order valence-electron chi connectivity index (χ2n) is 3.07. The Morgan fingerprint density at radius 1 is 1.21 bits per heavy atom. The molecule has 2 rings (SSSR count). The van der Waals surface area contributed by atoms with Crippen molar-refractivity contribution >= 4 is 0 Å². The minimum Gasteiger partial charge on any atom is -0.507 e. The minimum atomic E-state index is 0.245. The van der Waals surface area contributed by atoms with Crippen molar-refractivity contribution in [3.8, 4) is 17.0 Å². The second-order valence-corrected chi connectivity index (χ2v) is 3.07. The molecule has 0 saturated carbocycles. The number of phenolic OH excluding ortho intramolecular Hbond substituents is 1. The van der Waals surface area contributed by atoms with Crippen molar-refractivity contribution in [2.24, 2.45) is 0 Å². The lowest BCUT2D eigenvalue weighted by Gasteiger charge is -2.05. The maximum atomic E-state index is 9.63. The average molecular weight is 186 g/mol. The fraction of sp³-hybridized carbons (Fsp3) is 0.0909. The van der Waals surface area contributed by atoms with E-state index in [1.165, 1.54) is 6.33 Å². The molecule has 70 valence electrons. The Bertz CT molecular complexity index is 411. The van der Waals surface area contributed by atoms with Crippen LogP contribution >= 0.6 is 0 Å². The van der Waals surface area contributed by atoms with E-state index in [2.05, 4.69) is 9.97 Å². The van der Waals surface area contributed by atoms with Gasteiger partial charge in [0.1, 0.15) is 12.1 Å². The van der Waals surface area contributed by atoms with Gasteiger partial charge < -0.3 is 5.11 Å². The molecule has 0 fully saturated rings. The zero-order valence-electron chi connectivity index (χ0n) is 7.81. The van der Waals surface area contributed by atoms with Gasteiger partial charge in [-0.05, 0) is 24.6 Å². The molecule has 3 nitrogen and oxygen atoms in total. The number of hydrogen-bond donors (Lipinski definition) is 1. The first-order valence-electron chi connectivity index (χ1n) is 4.34. The van der Waals surface area contributed by atoms with Gasteiger partial charge in [0.25, 0.3) is 0 Å². The maximum Gasteiger partial charge on any atom is 0.124 e. The Hall–Kier alpha value is -1.90. The topological polar surface area (TPSA) is 46.0 Å². The second kappa shape index (κ2) is 3.46. The van der Waals surface area contributed by atoms with Gasteiger partial charge in [0, 0.05) is 11.8 Å². The van der Waals surface area contributed by atoms with Crippen LogP contribution in [0.5, 0.6) is 5.75 Å². The molecule has 0 atom stereocenters. The first kappa shape index (κ1) is 8.69. The number of phenols is 1. The number of aromatic hydroxyl groups is 1. The van der Waals surface area contributed by atoms with Gasteiger partial charge in [-0.15, -0.1) is 0 Å². The van der Waals surface area contributed by atoms with Crippen LogP contribution in [-0.2, 0) is 0 Å². The van der Waals surface area contributed by atoms with E-state index < -0.39 is 0 Å². The van der Waals surface area contributed by atoms with Crippen LogP contribution in [0.15, 0.2) is 36.8 Å². The molecule has 1 N–H and O–H groups in total. The highest BCUT2D eigenvalue weighted by atomic mass is 16.3. The Morgan fingerprint density at radius 2 is 2.00 bits per heavy atom. The van der Waals surface area contributed by atoms with E-state index in [-0.39, 0.29) is 5.75 Å². The molecule has 0 saturated heterocycles. The number of rotatable bonds is 1. The van der Waals surface area contributed by atoms with Crippen LogP contribution in [0.25, 0.3) is 11.3 Å². The predicted molar refractivity (Wildman–Crippen MR) is 53.9 cm³/mol. The van der Waals surface area contributed by atoms with E-state index in [4.69, 9.17) is 0 Å². The van der Waals surface area contributed by atoms with Crippen molar-refractivity contribution in [2.45, 2.75) is 6.92 Å². The smallest absolute Gasteiger partial charge is 0.124 e. The zero-order valence-corrected chi connectivity index (χ0v) is 7.81. The molecule has 0 aliphatic rings. The molecular weight excluding hydrogens is 176 g/mol. The summed E-state index contributed by atoms with van der Waals surface area (Å²) in [5.74, 6) is 0.245. The first-order valence-corrected chi connectivity index (χ1v) is 4.34. The monoisotopic (exact) mass is 186 g/mol. The summed E-state index contributed by atoms with van der Waals surface area (Å²) < 4.78 is 0. The Labute approximate surface area is 82.1 Å². The lowest BCUT2D eigenvalue weighted by Crippen LogP contribution is -1.89. The summed E-state index contributed by atoms with van der Waals surface area (Å²) in [6, 6.07) is 7.15. The van der Waals surface area contributed by atoms with Crippen molar-refractivity contribution in [2.75, 3.05) is 0 Å². The molecule has 1 aromatic heterocycles. The van der Waals surface area contributed by atoms with Crippen molar-refractivity contribution in [3.05, 3.63) is 42.4 Å². The summed E-state index contributed by atoms with van der Waals surface area (Å²) in [7, 11) is 0. The molecule has 14 heavy (non-hydrogen) atoms. The molecule has 0 radical (unpaired) electrons. The summed E-state index contributed by atoms with van der Waals surface area (Å²) in [4.78, 5) is 8.05. The summed E-state index contributed by atoms with van der Waals surface area (Å²) in [5.41, 5.74) is 2.47. The summed E-state index contributed by atoms with van der Waals surface area (Å²) in [5, 5.41) is 9.63. The number of aromatic nitrogens is 2. The van der Waals surface area contributed by atoms with Gasteiger partial charge in [-0.3, -0.25) is 0 Å². The highest BCUT2D eigenvalue weighted by molar-refractivity contribution is 5.68. The predicted octanol–water partition coefficient (Wildman–Crippen LogP) is 2.16. The van der Waals surface area contributed by atoms with Gasteiger partial charge in [0.05, 0.1) is 5.69 Å². The van der Waals surface area contributed by atoms with Gasteiger partial charge in [0.2, 0.25) is 0 Å². The van der Waals surface area contributed by atoms with Crippen LogP contribution < -0.4 is 0 Å². The van der Waals surface area contributed by atoms with Gasteiger partial charge in [0.15, 0.2) is 0 Å². The largest absolute Gasteiger partial charge is 0.507 e. The normalized spacial score (nSPS) is 10.1. The molecule has 0 spiro atoms. The number of hydrogen-bond acceptors (Lipinski definition) is 3. The van der Waals surface area contributed by atoms with E-state index >= 15 is 0 Å². The van der Waals surface area contributed by atoms with Crippen LogP contribution in [0.1, 0.15) is 5.56 Å². The highest BCUT2D eigenvalue weighted by Crippen LogP contribution is 2.28. The van der Waals surface area contributed by atoms with Crippen LogP contribution in [0.2, 0.25) is 0 Å². The van der Waals surface area contributed by atoms with Gasteiger partial charge in [-0.2, -0.15) is 0 Å². The van der Waals surface area contributed by atoms with Crippen molar-refractivity contribution in [3.63, 3.8) is 0 Å². The Morgan fingerprint density at radius 3 is 2.71 bits per heavy atom.